The molecule has 1 nitrogen and oxygen atoms in total. The second-order valence-corrected chi connectivity index (χ2v) is 8.02. The Morgan fingerprint density at radius 1 is 1.50 bits per heavy atom. The molecule has 0 atom stereocenters. The highest BCUT2D eigenvalue weighted by Gasteiger charge is 2.01. The van der Waals surface area contributed by atoms with Gasteiger partial charge in [-0.1, -0.05) is 4.21 Å². The Balaban J connectivity index is 0. The van der Waals surface area contributed by atoms with Gasteiger partial charge in [0.2, 0.25) is 14.8 Å². The van der Waals surface area contributed by atoms with E-state index in [1.54, 1.807) is 12.5 Å². The minimum absolute atomic E-state index is 0. The molecule has 0 unspecified atom stereocenters. The van der Waals surface area contributed by atoms with E-state index < -0.39 is 8.37 Å². The van der Waals surface area contributed by atoms with Gasteiger partial charge in [-0.05, 0) is 0 Å². The van der Waals surface area contributed by atoms with Crippen LogP contribution in [-0.2, 0) is 12.6 Å². The topological polar surface area (TPSA) is 17.1 Å². The first-order chi connectivity index (χ1) is 2.00. The van der Waals surface area contributed by atoms with Crippen molar-refractivity contribution in [2.24, 2.45) is 0 Å². The number of hydrogen-bond donors (Lipinski definition) is 0. The molecule has 0 rings (SSSR count). The summed E-state index contributed by atoms with van der Waals surface area (Å²) in [4.78, 5) is 0. The molecule has 0 amide bonds. The van der Waals surface area contributed by atoms with E-state index >= 15 is 0 Å². The number of halogens is 2. The monoisotopic (exact) mass is 236 g/mol. The van der Waals surface area contributed by atoms with Crippen LogP contribution < -0.4 is 17.0 Å². The van der Waals surface area contributed by atoms with Crippen molar-refractivity contribution in [2.75, 3.05) is 12.5 Å². The lowest BCUT2D eigenvalue weighted by molar-refractivity contribution is -0.00000242. The molecule has 0 bridgehead atoms. The van der Waals surface area contributed by atoms with E-state index in [-0.39, 0.29) is 17.0 Å². The predicted molar refractivity (Wildman–Crippen MR) is 28.8 cm³/mol. The Hall–Kier alpha value is 1.11. The van der Waals surface area contributed by atoms with Crippen LogP contribution in [0.4, 0.5) is 0 Å². The lowest BCUT2D eigenvalue weighted by Crippen LogP contribution is -3.00. The smallest absolute Gasteiger partial charge is 0.233 e. The molecule has 0 N–H and O–H groups in total. The molecular weight excluding hydrogens is 232 g/mol. The van der Waals surface area contributed by atoms with Gasteiger partial charge in [-0.2, -0.15) is 0 Å². The van der Waals surface area contributed by atoms with Gasteiger partial charge < -0.3 is 17.0 Å². The van der Waals surface area contributed by atoms with Gasteiger partial charge in [0.25, 0.3) is 0 Å². The Kier molecular flexibility index (Phi) is 5.35. The fourth-order valence-electron chi connectivity index (χ4n) is 0. The molecule has 40 valence electrons. The largest absolute Gasteiger partial charge is 1.00 e. The van der Waals surface area contributed by atoms with Gasteiger partial charge in [-0.25, -0.2) is 0 Å². The molecule has 0 aliphatic rings. The minimum Gasteiger partial charge on any atom is -1.00 e. The molecule has 0 aliphatic heterocycles. The zero-order chi connectivity index (χ0) is 4.50. The molecule has 0 aromatic heterocycles. The van der Waals surface area contributed by atoms with Crippen molar-refractivity contribution in [3.05, 3.63) is 0 Å². The Morgan fingerprint density at radius 3 is 1.50 bits per heavy atom. The van der Waals surface area contributed by atoms with Crippen molar-refractivity contribution in [2.45, 2.75) is 0 Å². The maximum absolute atomic E-state index is 10.1. The third-order valence-corrected chi connectivity index (χ3v) is 0. The fraction of sp³-hybridized carbons (Fsp3) is 1.00. The van der Waals surface area contributed by atoms with E-state index in [0.29, 0.717) is 0 Å². The molecule has 0 aliphatic carbocycles. The summed E-state index contributed by atoms with van der Waals surface area (Å²) in [6.45, 7) is 0. The fourth-order valence-corrected chi connectivity index (χ4v) is 0. The average molecular weight is 238 g/mol. The van der Waals surface area contributed by atoms with Crippen LogP contribution in [0.15, 0.2) is 0 Å². The van der Waals surface area contributed by atoms with Gasteiger partial charge in [0.15, 0.2) is 0 Å². The maximum atomic E-state index is 10.1. The zero-order valence-electron chi connectivity index (χ0n) is 3.57. The van der Waals surface area contributed by atoms with Crippen molar-refractivity contribution in [1.82, 2.24) is 0 Å². The van der Waals surface area contributed by atoms with Crippen molar-refractivity contribution in [3.63, 3.8) is 0 Å². The van der Waals surface area contributed by atoms with Crippen LogP contribution in [0.5, 0.6) is 0 Å². The van der Waals surface area contributed by atoms with E-state index in [4.69, 9.17) is 0 Å². The Labute approximate surface area is 56.9 Å². The minimum atomic E-state index is -1.60. The SMILES string of the molecule is C[S+](C)(=O)Br.[Br-]. The van der Waals surface area contributed by atoms with Gasteiger partial charge in [0, 0.05) is 0 Å². The summed E-state index contributed by atoms with van der Waals surface area (Å²) in [6, 6.07) is 0. The number of rotatable bonds is 0. The highest BCUT2D eigenvalue weighted by Crippen LogP contribution is 2.00. The van der Waals surface area contributed by atoms with E-state index in [9.17, 15) is 4.21 Å². The van der Waals surface area contributed by atoms with E-state index in [1.165, 1.54) is 0 Å². The molecule has 0 spiro atoms. The molecule has 0 radical (unpaired) electrons. The van der Waals surface area contributed by atoms with Crippen molar-refractivity contribution in [1.29, 1.82) is 0 Å². The van der Waals surface area contributed by atoms with Crippen LogP contribution in [0.25, 0.3) is 0 Å². The second kappa shape index (κ2) is 3.16. The van der Waals surface area contributed by atoms with Crippen LogP contribution in [0, 0.1) is 0 Å². The first-order valence-corrected chi connectivity index (χ1v) is 5.35. The van der Waals surface area contributed by atoms with Crippen LogP contribution in [-0.4, -0.2) is 12.5 Å². The standard InChI is InChI=1S/C2H6BrOS.BrH/c1-5(2,3)4;/h1-2H3;1H/q+1;/p-1. The predicted octanol–water partition coefficient (Wildman–Crippen LogP) is -1.94. The molecule has 0 aromatic carbocycles. The van der Waals surface area contributed by atoms with E-state index in [2.05, 4.69) is 14.8 Å². The van der Waals surface area contributed by atoms with Gasteiger partial charge in [0.05, 0.1) is 0 Å². The number of hydrogen-bond acceptors (Lipinski definition) is 1. The van der Waals surface area contributed by atoms with Crippen molar-refractivity contribution < 1.29 is 21.2 Å². The van der Waals surface area contributed by atoms with Gasteiger partial charge in [-0.15, -0.1) is 0 Å². The second-order valence-electron chi connectivity index (χ2n) is 1.11. The molecule has 0 aromatic rings. The van der Waals surface area contributed by atoms with Crippen LogP contribution in [0.1, 0.15) is 0 Å². The molecule has 0 fully saturated rings. The summed E-state index contributed by atoms with van der Waals surface area (Å²) in [6.07, 6.45) is 3.26. The molecular formula is C2H6Br2OS. The normalized spacial score (nSPS) is 9.83. The van der Waals surface area contributed by atoms with E-state index in [0.717, 1.165) is 0 Å². The highest BCUT2D eigenvalue weighted by atomic mass is 79.9. The summed E-state index contributed by atoms with van der Waals surface area (Å²) >= 11 is 2.90. The van der Waals surface area contributed by atoms with Crippen LogP contribution >= 0.6 is 14.8 Å². The third-order valence-electron chi connectivity index (χ3n) is 0. The highest BCUT2D eigenvalue weighted by molar-refractivity contribution is 9.49. The summed E-state index contributed by atoms with van der Waals surface area (Å²) in [5.41, 5.74) is 0. The molecule has 6 heavy (non-hydrogen) atoms. The maximum Gasteiger partial charge on any atom is 0.233 e. The lowest BCUT2D eigenvalue weighted by atomic mass is 11.9. The van der Waals surface area contributed by atoms with Gasteiger partial charge in [-0.3, -0.25) is 0 Å². The quantitative estimate of drug-likeness (QED) is 0.354. The Bertz CT molecular complexity index is 57.7. The lowest BCUT2D eigenvalue weighted by Gasteiger charge is -1.74. The average Bonchev–Trinajstić information content (AvgIpc) is 0.722. The molecule has 4 heteroatoms. The van der Waals surface area contributed by atoms with Crippen molar-refractivity contribution in [3.8, 4) is 0 Å². The first kappa shape index (κ1) is 10.2. The molecule has 0 heterocycles. The molecule has 0 saturated heterocycles. The summed E-state index contributed by atoms with van der Waals surface area (Å²) in [7, 11) is -1.60. The van der Waals surface area contributed by atoms with Crippen LogP contribution in [0.3, 0.4) is 0 Å². The summed E-state index contributed by atoms with van der Waals surface area (Å²) < 4.78 is 10.1. The summed E-state index contributed by atoms with van der Waals surface area (Å²) in [5.74, 6) is 0. The third kappa shape index (κ3) is 70.1. The first-order valence-electron chi connectivity index (χ1n) is 1.14. The van der Waals surface area contributed by atoms with Gasteiger partial charge in [0.1, 0.15) is 20.9 Å². The summed E-state index contributed by atoms with van der Waals surface area (Å²) in [5, 5.41) is 0. The van der Waals surface area contributed by atoms with E-state index in [1.807, 2.05) is 0 Å². The zero-order valence-corrected chi connectivity index (χ0v) is 7.56. The Morgan fingerprint density at radius 2 is 1.50 bits per heavy atom. The molecule has 0 saturated carbocycles. The van der Waals surface area contributed by atoms with Gasteiger partial charge >= 0.3 is 0 Å². The van der Waals surface area contributed by atoms with Crippen molar-refractivity contribution >= 4 is 23.2 Å². The van der Waals surface area contributed by atoms with Crippen LogP contribution in [0.2, 0.25) is 0 Å².